The summed E-state index contributed by atoms with van der Waals surface area (Å²) in [5.74, 6) is -0.631. The van der Waals surface area contributed by atoms with E-state index in [1.54, 1.807) is 31.4 Å². The third-order valence-electron chi connectivity index (χ3n) is 8.63. The molecule has 10 heteroatoms. The number of carbonyl (C=O) groups is 3. The van der Waals surface area contributed by atoms with Gasteiger partial charge in [-0.15, -0.1) is 0 Å². The van der Waals surface area contributed by atoms with Gasteiger partial charge in [-0.3, -0.25) is 19.3 Å². The third kappa shape index (κ3) is 7.39. The van der Waals surface area contributed by atoms with Crippen LogP contribution in [0.25, 0.3) is 0 Å². The number of methoxy groups -OCH3 is 1. The van der Waals surface area contributed by atoms with E-state index in [4.69, 9.17) is 10.5 Å². The molecule has 1 saturated carbocycles. The summed E-state index contributed by atoms with van der Waals surface area (Å²) in [7, 11) is 1.57. The second kappa shape index (κ2) is 15.1. The monoisotopic (exact) mass is 639 g/mol. The average molecular weight is 640 g/mol. The molecule has 46 heavy (non-hydrogen) atoms. The lowest BCUT2D eigenvalue weighted by Gasteiger charge is -2.33. The van der Waals surface area contributed by atoms with E-state index in [-0.39, 0.29) is 34.1 Å². The molecule has 0 aliphatic heterocycles. The molecule has 1 fully saturated rings. The Morgan fingerprint density at radius 3 is 2.39 bits per heavy atom. The van der Waals surface area contributed by atoms with E-state index in [0.717, 1.165) is 60.3 Å². The molecule has 0 saturated heterocycles. The van der Waals surface area contributed by atoms with Crippen LogP contribution in [0.5, 0.6) is 5.75 Å². The van der Waals surface area contributed by atoms with Crippen LogP contribution in [-0.4, -0.2) is 41.8 Å². The molecule has 1 aliphatic carbocycles. The second-order valence-corrected chi connectivity index (χ2v) is 12.5. The van der Waals surface area contributed by atoms with Crippen LogP contribution in [0.4, 0.5) is 11.4 Å². The Balaban J connectivity index is 1.53. The number of amides is 3. The van der Waals surface area contributed by atoms with E-state index >= 15 is 0 Å². The summed E-state index contributed by atoms with van der Waals surface area (Å²) in [5.41, 5.74) is 10.6. The van der Waals surface area contributed by atoms with Crippen LogP contribution in [0.2, 0.25) is 0 Å². The van der Waals surface area contributed by atoms with Crippen molar-refractivity contribution < 1.29 is 19.1 Å². The highest BCUT2D eigenvalue weighted by Gasteiger charge is 2.37. The first-order chi connectivity index (χ1) is 22.3. The van der Waals surface area contributed by atoms with E-state index < -0.39 is 11.9 Å². The number of benzene rings is 3. The van der Waals surface area contributed by atoms with Crippen molar-refractivity contribution in [1.29, 1.82) is 0 Å². The SMILES string of the molecule is COc1ccc(C(C(=O)NCCc2ccccc2)N(C(=O)c2snc(C(=O)NC3CCCCC3)c2N)c2cccc(C)c2C)cc1. The summed E-state index contributed by atoms with van der Waals surface area (Å²) in [6, 6.07) is 21.6. The highest BCUT2D eigenvalue weighted by molar-refractivity contribution is 7.09. The number of nitrogen functional groups attached to an aromatic ring is 1. The summed E-state index contributed by atoms with van der Waals surface area (Å²) < 4.78 is 9.71. The molecule has 1 heterocycles. The normalized spacial score (nSPS) is 13.9. The van der Waals surface area contributed by atoms with Crippen molar-refractivity contribution in [3.63, 3.8) is 0 Å². The summed E-state index contributed by atoms with van der Waals surface area (Å²) in [5, 5.41) is 6.11. The van der Waals surface area contributed by atoms with Gasteiger partial charge in [0.15, 0.2) is 5.69 Å². The molecule has 5 rings (SSSR count). The maximum absolute atomic E-state index is 14.7. The quantitative estimate of drug-likeness (QED) is 0.180. The molecule has 4 N–H and O–H groups in total. The predicted octanol–water partition coefficient (Wildman–Crippen LogP) is 6.16. The minimum absolute atomic E-state index is 0.0107. The van der Waals surface area contributed by atoms with E-state index in [1.807, 2.05) is 62.4 Å². The van der Waals surface area contributed by atoms with E-state index in [2.05, 4.69) is 15.0 Å². The zero-order chi connectivity index (χ0) is 32.6. The van der Waals surface area contributed by atoms with Gasteiger partial charge in [0.05, 0.1) is 12.8 Å². The fourth-order valence-electron chi connectivity index (χ4n) is 5.86. The smallest absolute Gasteiger partial charge is 0.273 e. The van der Waals surface area contributed by atoms with Crippen LogP contribution in [0.3, 0.4) is 0 Å². The minimum Gasteiger partial charge on any atom is -0.497 e. The molecule has 9 nitrogen and oxygen atoms in total. The van der Waals surface area contributed by atoms with Crippen molar-refractivity contribution in [1.82, 2.24) is 15.0 Å². The number of anilines is 2. The molecule has 1 aromatic heterocycles. The van der Waals surface area contributed by atoms with E-state index in [0.29, 0.717) is 30.0 Å². The van der Waals surface area contributed by atoms with Crippen molar-refractivity contribution in [2.24, 2.45) is 0 Å². The molecule has 1 aliphatic rings. The lowest BCUT2D eigenvalue weighted by Crippen LogP contribution is -2.45. The third-order valence-corrected chi connectivity index (χ3v) is 9.48. The molecular weight excluding hydrogens is 598 g/mol. The van der Waals surface area contributed by atoms with Gasteiger partial charge in [-0.1, -0.05) is 73.9 Å². The van der Waals surface area contributed by atoms with Crippen LogP contribution in [-0.2, 0) is 11.2 Å². The summed E-state index contributed by atoms with van der Waals surface area (Å²) in [4.78, 5) is 43.7. The fourth-order valence-corrected chi connectivity index (χ4v) is 6.60. The summed E-state index contributed by atoms with van der Waals surface area (Å²) >= 11 is 0.874. The molecule has 0 radical (unpaired) electrons. The molecule has 0 spiro atoms. The first kappa shape index (κ1) is 32.7. The highest BCUT2D eigenvalue weighted by atomic mass is 32.1. The zero-order valence-corrected chi connectivity index (χ0v) is 27.4. The Hall–Kier alpha value is -4.70. The summed E-state index contributed by atoms with van der Waals surface area (Å²) in [6.45, 7) is 4.25. The van der Waals surface area contributed by atoms with Crippen molar-refractivity contribution >= 4 is 40.6 Å². The lowest BCUT2D eigenvalue weighted by molar-refractivity contribution is -0.122. The number of nitrogens with one attached hydrogen (secondary N) is 2. The molecule has 3 amide bonds. The average Bonchev–Trinajstić information content (AvgIpc) is 3.47. The Bertz CT molecular complexity index is 1670. The first-order valence-corrected chi connectivity index (χ1v) is 16.5. The number of rotatable bonds is 11. The van der Waals surface area contributed by atoms with Gasteiger partial charge in [0.2, 0.25) is 5.91 Å². The number of hydrogen-bond donors (Lipinski definition) is 3. The Labute approximate surface area is 274 Å². The van der Waals surface area contributed by atoms with Gasteiger partial charge in [0.1, 0.15) is 16.7 Å². The van der Waals surface area contributed by atoms with Crippen LogP contribution in [0, 0.1) is 13.8 Å². The number of aromatic nitrogens is 1. The van der Waals surface area contributed by atoms with Gasteiger partial charge in [-0.2, -0.15) is 4.37 Å². The van der Waals surface area contributed by atoms with Gasteiger partial charge >= 0.3 is 0 Å². The summed E-state index contributed by atoms with van der Waals surface area (Å²) in [6.07, 6.45) is 5.72. The number of nitrogens with zero attached hydrogens (tertiary/aromatic N) is 2. The second-order valence-electron chi connectivity index (χ2n) is 11.7. The van der Waals surface area contributed by atoms with Crippen LogP contribution >= 0.6 is 11.5 Å². The molecule has 1 unspecified atom stereocenters. The largest absolute Gasteiger partial charge is 0.497 e. The van der Waals surface area contributed by atoms with E-state index in [9.17, 15) is 14.4 Å². The van der Waals surface area contributed by atoms with Crippen molar-refractivity contribution in [3.05, 3.63) is 106 Å². The lowest BCUT2D eigenvalue weighted by atomic mass is 9.95. The van der Waals surface area contributed by atoms with Crippen molar-refractivity contribution in [3.8, 4) is 5.75 Å². The molecule has 3 aromatic carbocycles. The Morgan fingerprint density at radius 2 is 1.70 bits per heavy atom. The van der Waals surface area contributed by atoms with E-state index in [1.165, 1.54) is 4.90 Å². The Kier molecular flexibility index (Phi) is 10.7. The highest BCUT2D eigenvalue weighted by Crippen LogP contribution is 2.36. The molecular formula is C36H41N5O4S. The standard InChI is InChI=1S/C36H41N5O4S/c1-23-11-10-16-29(24(23)2)41(36(44)33-30(37)31(40-46-33)34(42)39-27-14-8-5-9-15-27)32(26-17-19-28(45-3)20-18-26)35(43)38-22-21-25-12-6-4-7-13-25/h4,6-7,10-13,16-20,27,32H,5,8-9,14-15,21-22,37H2,1-3H3,(H,38,43)(H,39,42). The molecule has 1 atom stereocenters. The molecule has 240 valence electrons. The minimum atomic E-state index is -1.06. The number of aryl methyl sites for hydroxylation is 1. The van der Waals surface area contributed by atoms with Crippen molar-refractivity contribution in [2.45, 2.75) is 64.5 Å². The van der Waals surface area contributed by atoms with Crippen LogP contribution in [0.1, 0.15) is 80.6 Å². The van der Waals surface area contributed by atoms with Gasteiger partial charge in [-0.05, 0) is 85.1 Å². The van der Waals surface area contributed by atoms with Gasteiger partial charge < -0.3 is 21.1 Å². The molecule has 4 aromatic rings. The number of ether oxygens (including phenoxy) is 1. The number of carbonyl (C=O) groups excluding carboxylic acids is 3. The topological polar surface area (TPSA) is 127 Å². The fraction of sp³-hybridized carbons (Fsp3) is 0.333. The van der Waals surface area contributed by atoms with Gasteiger partial charge in [-0.25, -0.2) is 0 Å². The first-order valence-electron chi connectivity index (χ1n) is 15.7. The van der Waals surface area contributed by atoms with Gasteiger partial charge in [0, 0.05) is 18.3 Å². The maximum Gasteiger partial charge on any atom is 0.273 e. The number of nitrogens with two attached hydrogens (primary N) is 1. The van der Waals surface area contributed by atoms with Crippen molar-refractivity contribution in [2.75, 3.05) is 24.3 Å². The number of hydrogen-bond acceptors (Lipinski definition) is 7. The zero-order valence-electron chi connectivity index (χ0n) is 26.5. The van der Waals surface area contributed by atoms with Crippen LogP contribution < -0.4 is 26.0 Å². The maximum atomic E-state index is 14.7. The van der Waals surface area contributed by atoms with Crippen LogP contribution in [0.15, 0.2) is 72.8 Å². The molecule has 0 bridgehead atoms. The Morgan fingerprint density at radius 1 is 0.978 bits per heavy atom. The predicted molar refractivity (Wildman–Crippen MR) is 182 cm³/mol. The van der Waals surface area contributed by atoms with Gasteiger partial charge in [0.25, 0.3) is 11.8 Å².